The Morgan fingerprint density at radius 1 is 1.25 bits per heavy atom. The van der Waals surface area contributed by atoms with Crippen LogP contribution in [0.4, 0.5) is 5.69 Å². The van der Waals surface area contributed by atoms with Crippen molar-refractivity contribution < 1.29 is 14.3 Å². The van der Waals surface area contributed by atoms with Crippen LogP contribution in [0.2, 0.25) is 5.02 Å². The molecule has 1 aliphatic rings. The molecular weight excluding hydrogens is 328 g/mol. The molecule has 0 radical (unpaired) electrons. The summed E-state index contributed by atoms with van der Waals surface area (Å²) in [5, 5.41) is 3.62. The van der Waals surface area contributed by atoms with Gasteiger partial charge in [-0.25, -0.2) is 4.99 Å². The lowest BCUT2D eigenvalue weighted by atomic mass is 10.0. The standard InChI is InChI=1S/C18H15ClN2O3/c1-11(23)24-18-16(10-22)20-15-8-7-13(19)9-14(15)17(21-18)12-5-3-2-4-6-12/h2-10,16,18,20H,1H3. The summed E-state index contributed by atoms with van der Waals surface area (Å²) in [5.74, 6) is -0.506. The van der Waals surface area contributed by atoms with Crippen LogP contribution in [0.1, 0.15) is 18.1 Å². The van der Waals surface area contributed by atoms with Crippen LogP contribution in [0.25, 0.3) is 0 Å². The van der Waals surface area contributed by atoms with E-state index in [1.54, 1.807) is 18.2 Å². The van der Waals surface area contributed by atoms with E-state index in [-0.39, 0.29) is 0 Å². The number of halogens is 1. The maximum Gasteiger partial charge on any atom is 0.304 e. The highest BCUT2D eigenvalue weighted by atomic mass is 35.5. The van der Waals surface area contributed by atoms with E-state index in [1.807, 2.05) is 30.3 Å². The van der Waals surface area contributed by atoms with Gasteiger partial charge in [0.15, 0.2) is 0 Å². The van der Waals surface area contributed by atoms with E-state index in [9.17, 15) is 9.59 Å². The molecule has 1 N–H and O–H groups in total. The molecule has 2 aromatic carbocycles. The van der Waals surface area contributed by atoms with Crippen molar-refractivity contribution in [3.8, 4) is 0 Å². The molecule has 2 atom stereocenters. The molecule has 0 saturated heterocycles. The molecule has 122 valence electrons. The summed E-state index contributed by atoms with van der Waals surface area (Å²) < 4.78 is 5.23. The van der Waals surface area contributed by atoms with E-state index >= 15 is 0 Å². The van der Waals surface area contributed by atoms with Gasteiger partial charge in [-0.05, 0) is 18.2 Å². The molecule has 2 aromatic rings. The number of benzodiazepines with no additional fused rings is 1. The second kappa shape index (κ2) is 6.84. The first kappa shape index (κ1) is 16.2. The SMILES string of the molecule is CC(=O)OC1N=C(c2ccccc2)c2cc(Cl)ccc2NC1C=O. The van der Waals surface area contributed by atoms with Crippen molar-refractivity contribution in [2.75, 3.05) is 5.32 Å². The van der Waals surface area contributed by atoms with Gasteiger partial charge >= 0.3 is 5.97 Å². The Labute approximate surface area is 144 Å². The summed E-state index contributed by atoms with van der Waals surface area (Å²) in [5.41, 5.74) is 2.90. The number of nitrogens with one attached hydrogen (secondary N) is 1. The average Bonchev–Trinajstić information content (AvgIpc) is 2.72. The predicted molar refractivity (Wildman–Crippen MR) is 92.6 cm³/mol. The molecule has 0 amide bonds. The van der Waals surface area contributed by atoms with E-state index < -0.39 is 18.2 Å². The van der Waals surface area contributed by atoms with E-state index in [0.717, 1.165) is 11.1 Å². The van der Waals surface area contributed by atoms with Crippen LogP contribution in [-0.2, 0) is 14.3 Å². The summed E-state index contributed by atoms with van der Waals surface area (Å²) in [6.45, 7) is 1.29. The van der Waals surface area contributed by atoms with E-state index in [2.05, 4.69) is 10.3 Å². The van der Waals surface area contributed by atoms with Gasteiger partial charge in [0.25, 0.3) is 0 Å². The molecule has 1 aliphatic heterocycles. The monoisotopic (exact) mass is 342 g/mol. The van der Waals surface area contributed by atoms with Crippen LogP contribution < -0.4 is 5.32 Å². The number of esters is 1. The number of rotatable bonds is 3. The molecule has 2 unspecified atom stereocenters. The number of carbonyl (C=O) groups excluding carboxylic acids is 2. The van der Waals surface area contributed by atoms with E-state index in [0.29, 0.717) is 22.7 Å². The Bertz CT molecular complexity index is 805. The summed E-state index contributed by atoms with van der Waals surface area (Å²) in [6.07, 6.45) is -0.273. The molecular formula is C18H15ClN2O3. The summed E-state index contributed by atoms with van der Waals surface area (Å²) in [7, 11) is 0. The minimum absolute atomic E-state index is 0.506. The highest BCUT2D eigenvalue weighted by molar-refractivity contribution is 6.31. The van der Waals surface area contributed by atoms with E-state index in [4.69, 9.17) is 16.3 Å². The number of aliphatic imine (C=N–C) groups is 1. The largest absolute Gasteiger partial charge is 0.437 e. The molecule has 0 aliphatic carbocycles. The molecule has 24 heavy (non-hydrogen) atoms. The Morgan fingerprint density at radius 3 is 2.67 bits per heavy atom. The van der Waals surface area contributed by atoms with Crippen molar-refractivity contribution in [2.45, 2.75) is 19.2 Å². The zero-order valence-electron chi connectivity index (χ0n) is 12.9. The summed E-state index contributed by atoms with van der Waals surface area (Å²) in [4.78, 5) is 27.4. The molecule has 0 spiro atoms. The molecule has 0 fully saturated rings. The Hall–Kier alpha value is -2.66. The molecule has 6 heteroatoms. The number of nitrogens with zero attached hydrogens (tertiary/aromatic N) is 1. The van der Waals surface area contributed by atoms with Gasteiger partial charge < -0.3 is 14.8 Å². The fraction of sp³-hybridized carbons (Fsp3) is 0.167. The van der Waals surface area contributed by atoms with Crippen molar-refractivity contribution in [1.29, 1.82) is 0 Å². The third-order valence-corrected chi connectivity index (χ3v) is 3.84. The van der Waals surface area contributed by atoms with Crippen LogP contribution in [-0.4, -0.2) is 30.2 Å². The quantitative estimate of drug-likeness (QED) is 0.687. The Kier molecular flexibility index (Phi) is 4.62. The highest BCUT2D eigenvalue weighted by Crippen LogP contribution is 2.28. The van der Waals surface area contributed by atoms with E-state index in [1.165, 1.54) is 6.92 Å². The molecule has 3 rings (SSSR count). The Balaban J connectivity index is 2.19. The number of anilines is 1. The van der Waals surface area contributed by atoms with Gasteiger partial charge in [-0.15, -0.1) is 0 Å². The molecule has 0 saturated carbocycles. The van der Waals surface area contributed by atoms with Crippen molar-refractivity contribution in [3.05, 3.63) is 64.7 Å². The van der Waals surface area contributed by atoms with Gasteiger partial charge in [-0.3, -0.25) is 4.79 Å². The minimum Gasteiger partial charge on any atom is -0.437 e. The second-order valence-corrected chi connectivity index (χ2v) is 5.78. The van der Waals surface area contributed by atoms with Crippen LogP contribution in [0.5, 0.6) is 0 Å². The summed E-state index contributed by atoms with van der Waals surface area (Å²) >= 11 is 6.14. The molecule has 0 bridgehead atoms. The number of hydrogen-bond acceptors (Lipinski definition) is 5. The molecule has 0 aromatic heterocycles. The van der Waals surface area contributed by atoms with Crippen molar-refractivity contribution in [2.24, 2.45) is 4.99 Å². The lowest BCUT2D eigenvalue weighted by Gasteiger charge is -2.19. The number of ether oxygens (including phenoxy) is 1. The normalized spacial score (nSPS) is 19.3. The first-order valence-electron chi connectivity index (χ1n) is 7.40. The average molecular weight is 343 g/mol. The summed E-state index contributed by atoms with van der Waals surface area (Å²) in [6, 6.07) is 14.0. The first-order chi connectivity index (χ1) is 11.6. The van der Waals surface area contributed by atoms with Crippen LogP contribution in [0.3, 0.4) is 0 Å². The number of aldehydes is 1. The van der Waals surface area contributed by atoms with Gasteiger partial charge in [-0.1, -0.05) is 41.9 Å². The van der Waals surface area contributed by atoms with Crippen molar-refractivity contribution in [3.63, 3.8) is 0 Å². The third kappa shape index (κ3) is 3.31. The van der Waals surface area contributed by atoms with Gasteiger partial charge in [0, 0.05) is 28.8 Å². The van der Waals surface area contributed by atoms with Gasteiger partial charge in [-0.2, -0.15) is 0 Å². The van der Waals surface area contributed by atoms with Crippen molar-refractivity contribution in [1.82, 2.24) is 0 Å². The van der Waals surface area contributed by atoms with Crippen LogP contribution in [0.15, 0.2) is 53.5 Å². The third-order valence-electron chi connectivity index (χ3n) is 3.60. The number of fused-ring (bicyclic) bond motifs is 1. The molecule has 1 heterocycles. The zero-order valence-corrected chi connectivity index (χ0v) is 13.7. The molecule has 5 nitrogen and oxygen atoms in total. The van der Waals surface area contributed by atoms with Gasteiger partial charge in [0.1, 0.15) is 12.3 Å². The minimum atomic E-state index is -0.957. The topological polar surface area (TPSA) is 67.8 Å². The number of benzene rings is 2. The predicted octanol–water partition coefficient (Wildman–Crippen LogP) is 3.06. The first-order valence-corrected chi connectivity index (χ1v) is 7.78. The van der Waals surface area contributed by atoms with Crippen LogP contribution >= 0.6 is 11.6 Å². The number of hydrogen-bond donors (Lipinski definition) is 1. The maximum atomic E-state index is 11.5. The second-order valence-electron chi connectivity index (χ2n) is 5.34. The number of carbonyl (C=O) groups is 2. The van der Waals surface area contributed by atoms with Crippen molar-refractivity contribution >= 4 is 35.3 Å². The lowest BCUT2D eigenvalue weighted by Crippen LogP contribution is -2.36. The smallest absolute Gasteiger partial charge is 0.304 e. The lowest BCUT2D eigenvalue weighted by molar-refractivity contribution is -0.146. The fourth-order valence-electron chi connectivity index (χ4n) is 2.56. The maximum absolute atomic E-state index is 11.5. The van der Waals surface area contributed by atoms with Gasteiger partial charge in [0.2, 0.25) is 6.23 Å². The Morgan fingerprint density at radius 2 is 2.00 bits per heavy atom. The zero-order chi connectivity index (χ0) is 17.1. The highest BCUT2D eigenvalue weighted by Gasteiger charge is 2.29. The van der Waals surface area contributed by atoms with Crippen LogP contribution in [0, 0.1) is 0 Å². The fourth-order valence-corrected chi connectivity index (χ4v) is 2.74. The van der Waals surface area contributed by atoms with Gasteiger partial charge in [0.05, 0.1) is 5.71 Å².